The minimum Gasteiger partial charge on any atom is -0.464 e. The Kier molecular flexibility index (Phi) is 2.80. The van der Waals surface area contributed by atoms with E-state index in [2.05, 4.69) is 25.9 Å². The van der Waals surface area contributed by atoms with Crippen molar-refractivity contribution in [3.63, 3.8) is 0 Å². The van der Waals surface area contributed by atoms with Gasteiger partial charge in [0.05, 0.1) is 30.5 Å². The Labute approximate surface area is 128 Å². The zero-order chi connectivity index (χ0) is 14.4. The summed E-state index contributed by atoms with van der Waals surface area (Å²) >= 11 is 3.33. The summed E-state index contributed by atoms with van der Waals surface area (Å²) in [5.74, 6) is 0. The summed E-state index contributed by atoms with van der Waals surface area (Å²) in [6.07, 6.45) is 5.13. The van der Waals surface area contributed by atoms with Crippen LogP contribution < -0.4 is 0 Å². The van der Waals surface area contributed by atoms with Crippen molar-refractivity contribution < 1.29 is 9.52 Å². The van der Waals surface area contributed by atoms with Crippen LogP contribution in [0.1, 0.15) is 5.69 Å². The molecule has 104 valence electrons. The van der Waals surface area contributed by atoms with E-state index in [1.54, 1.807) is 18.7 Å². The predicted molar refractivity (Wildman–Crippen MR) is 81.8 cm³/mol. The van der Waals surface area contributed by atoms with E-state index in [-0.39, 0.29) is 6.61 Å². The molecule has 1 aromatic carbocycles. The fourth-order valence-corrected chi connectivity index (χ4v) is 2.78. The number of aromatic nitrogens is 3. The fourth-order valence-electron chi connectivity index (χ4n) is 2.48. The van der Waals surface area contributed by atoms with E-state index in [1.165, 1.54) is 0 Å². The summed E-state index contributed by atoms with van der Waals surface area (Å²) in [6, 6.07) is 7.76. The molecule has 0 spiro atoms. The summed E-state index contributed by atoms with van der Waals surface area (Å²) in [5, 5.41) is 10.7. The van der Waals surface area contributed by atoms with Gasteiger partial charge in [-0.25, -0.2) is 9.97 Å². The normalized spacial score (nSPS) is 11.5. The van der Waals surface area contributed by atoms with Gasteiger partial charge in [-0.3, -0.25) is 4.40 Å². The Morgan fingerprint density at radius 1 is 1.29 bits per heavy atom. The second-order valence-corrected chi connectivity index (χ2v) is 5.49. The lowest BCUT2D eigenvalue weighted by molar-refractivity contribution is 0.276. The van der Waals surface area contributed by atoms with Gasteiger partial charge in [0.15, 0.2) is 5.65 Å². The lowest BCUT2D eigenvalue weighted by atomic mass is 10.1. The van der Waals surface area contributed by atoms with Crippen molar-refractivity contribution in [1.82, 2.24) is 14.4 Å². The molecule has 5 nitrogen and oxygen atoms in total. The standard InChI is InChI=1S/C15H10BrN3O2/c16-13-7-19-11(8-20)15(18-14(19)6-17-13)10-1-2-12-9(5-10)3-4-21-12/h1-7,20H,8H2. The molecule has 3 heterocycles. The van der Waals surface area contributed by atoms with Crippen molar-refractivity contribution in [2.24, 2.45) is 0 Å². The number of fused-ring (bicyclic) bond motifs is 2. The third-order valence-electron chi connectivity index (χ3n) is 3.45. The largest absolute Gasteiger partial charge is 0.464 e. The van der Waals surface area contributed by atoms with Gasteiger partial charge < -0.3 is 9.52 Å². The van der Waals surface area contributed by atoms with Gasteiger partial charge in [0.1, 0.15) is 10.2 Å². The molecule has 0 atom stereocenters. The summed E-state index contributed by atoms with van der Waals surface area (Å²) in [7, 11) is 0. The van der Waals surface area contributed by atoms with E-state index in [0.29, 0.717) is 10.3 Å². The monoisotopic (exact) mass is 343 g/mol. The fraction of sp³-hybridized carbons (Fsp3) is 0.0667. The van der Waals surface area contributed by atoms with Crippen LogP contribution in [0.5, 0.6) is 0 Å². The van der Waals surface area contributed by atoms with Crippen LogP contribution in [0.15, 0.2) is 51.9 Å². The third-order valence-corrected chi connectivity index (χ3v) is 3.86. The number of benzene rings is 1. The van der Waals surface area contributed by atoms with Gasteiger partial charge in [-0.1, -0.05) is 0 Å². The van der Waals surface area contributed by atoms with Crippen molar-refractivity contribution in [2.75, 3.05) is 0 Å². The number of aliphatic hydroxyl groups is 1. The maximum absolute atomic E-state index is 9.72. The molecule has 0 aliphatic rings. The van der Waals surface area contributed by atoms with Gasteiger partial charge in [-0.15, -0.1) is 0 Å². The highest BCUT2D eigenvalue weighted by atomic mass is 79.9. The highest BCUT2D eigenvalue weighted by molar-refractivity contribution is 9.10. The summed E-state index contributed by atoms with van der Waals surface area (Å²) in [6.45, 7) is -0.101. The zero-order valence-electron chi connectivity index (χ0n) is 10.8. The number of furan rings is 1. The number of nitrogens with zero attached hydrogens (tertiary/aromatic N) is 3. The molecule has 0 saturated carbocycles. The van der Waals surface area contributed by atoms with E-state index in [4.69, 9.17) is 4.42 Å². The van der Waals surface area contributed by atoms with Crippen LogP contribution in [0.2, 0.25) is 0 Å². The first-order chi connectivity index (χ1) is 10.3. The molecule has 0 radical (unpaired) electrons. The van der Waals surface area contributed by atoms with Gasteiger partial charge >= 0.3 is 0 Å². The predicted octanol–water partition coefficient (Wildman–Crippen LogP) is 3.40. The molecule has 21 heavy (non-hydrogen) atoms. The van der Waals surface area contributed by atoms with E-state index in [0.717, 1.165) is 27.9 Å². The van der Waals surface area contributed by atoms with E-state index in [9.17, 15) is 5.11 Å². The first-order valence-corrected chi connectivity index (χ1v) is 7.16. The van der Waals surface area contributed by atoms with Gasteiger partial charge in [0, 0.05) is 17.1 Å². The van der Waals surface area contributed by atoms with E-state index >= 15 is 0 Å². The number of rotatable bonds is 2. The van der Waals surface area contributed by atoms with Gasteiger partial charge in [-0.2, -0.15) is 0 Å². The van der Waals surface area contributed by atoms with E-state index in [1.807, 2.05) is 28.7 Å². The Morgan fingerprint density at radius 3 is 3.05 bits per heavy atom. The van der Waals surface area contributed by atoms with Crippen LogP contribution >= 0.6 is 15.9 Å². The SMILES string of the molecule is OCc1c(-c2ccc3occc3c2)nc2cnc(Br)cn12. The topological polar surface area (TPSA) is 63.6 Å². The molecule has 4 rings (SSSR count). The molecule has 0 aliphatic heterocycles. The minimum absolute atomic E-state index is 0.101. The second kappa shape index (κ2) is 4.68. The molecule has 3 aromatic heterocycles. The third kappa shape index (κ3) is 1.95. The summed E-state index contributed by atoms with van der Waals surface area (Å²) < 4.78 is 7.88. The number of imidazole rings is 1. The number of hydrogen-bond donors (Lipinski definition) is 1. The minimum atomic E-state index is -0.101. The Bertz CT molecular complexity index is 958. The van der Waals surface area contributed by atoms with Crippen LogP contribution in [0, 0.1) is 0 Å². The van der Waals surface area contributed by atoms with Crippen LogP contribution in [0.4, 0.5) is 0 Å². The lowest BCUT2D eigenvalue weighted by Gasteiger charge is -2.02. The van der Waals surface area contributed by atoms with Gasteiger partial charge in [0.25, 0.3) is 0 Å². The van der Waals surface area contributed by atoms with Crippen LogP contribution in [0.25, 0.3) is 27.9 Å². The van der Waals surface area contributed by atoms with Crippen molar-refractivity contribution in [3.05, 3.63) is 53.2 Å². The quantitative estimate of drug-likeness (QED) is 0.605. The van der Waals surface area contributed by atoms with Gasteiger partial charge in [-0.05, 0) is 40.2 Å². The van der Waals surface area contributed by atoms with Crippen molar-refractivity contribution >= 4 is 32.5 Å². The van der Waals surface area contributed by atoms with Gasteiger partial charge in [0.2, 0.25) is 0 Å². The van der Waals surface area contributed by atoms with E-state index < -0.39 is 0 Å². The Hall–Kier alpha value is -2.18. The van der Waals surface area contributed by atoms with Crippen molar-refractivity contribution in [3.8, 4) is 11.3 Å². The zero-order valence-corrected chi connectivity index (χ0v) is 12.4. The van der Waals surface area contributed by atoms with Crippen molar-refractivity contribution in [1.29, 1.82) is 0 Å². The highest BCUT2D eigenvalue weighted by Crippen LogP contribution is 2.28. The Balaban J connectivity index is 2.00. The summed E-state index contributed by atoms with van der Waals surface area (Å²) in [4.78, 5) is 8.74. The summed E-state index contributed by atoms with van der Waals surface area (Å²) in [5.41, 5.74) is 3.95. The molecule has 0 amide bonds. The molecular formula is C15H10BrN3O2. The average Bonchev–Trinajstić information content (AvgIpc) is 3.09. The highest BCUT2D eigenvalue weighted by Gasteiger charge is 2.14. The molecular weight excluding hydrogens is 334 g/mol. The number of aliphatic hydroxyl groups excluding tert-OH is 1. The first-order valence-electron chi connectivity index (χ1n) is 6.37. The maximum atomic E-state index is 9.72. The molecule has 0 bridgehead atoms. The smallest absolute Gasteiger partial charge is 0.156 e. The second-order valence-electron chi connectivity index (χ2n) is 4.68. The number of halogens is 1. The molecule has 4 aromatic rings. The molecule has 0 fully saturated rings. The molecule has 1 N–H and O–H groups in total. The maximum Gasteiger partial charge on any atom is 0.156 e. The average molecular weight is 344 g/mol. The number of hydrogen-bond acceptors (Lipinski definition) is 4. The molecule has 0 unspecified atom stereocenters. The van der Waals surface area contributed by atoms with Crippen LogP contribution in [-0.2, 0) is 6.61 Å². The first kappa shape index (κ1) is 12.6. The lowest BCUT2D eigenvalue weighted by Crippen LogP contribution is -1.95. The van der Waals surface area contributed by atoms with Crippen LogP contribution in [0.3, 0.4) is 0 Å². The Morgan fingerprint density at radius 2 is 2.19 bits per heavy atom. The molecule has 0 saturated heterocycles. The van der Waals surface area contributed by atoms with Crippen molar-refractivity contribution in [2.45, 2.75) is 6.61 Å². The molecule has 6 heteroatoms. The van der Waals surface area contributed by atoms with Crippen LogP contribution in [-0.4, -0.2) is 19.5 Å². The molecule has 0 aliphatic carbocycles.